The number of hydrogen-bond acceptors (Lipinski definition) is 3. The number of benzene rings is 2. The number of hydrogen-bond donors (Lipinski definition) is 2. The van der Waals surface area contributed by atoms with Crippen LogP contribution in [0.3, 0.4) is 0 Å². The summed E-state index contributed by atoms with van der Waals surface area (Å²) in [6, 6.07) is 19.1. The average molecular weight is 547 g/mol. The summed E-state index contributed by atoms with van der Waals surface area (Å²) in [5.74, 6) is 0.777. The summed E-state index contributed by atoms with van der Waals surface area (Å²) in [6.07, 6.45) is 0. The van der Waals surface area contributed by atoms with Crippen molar-refractivity contribution in [2.45, 2.75) is 40.4 Å². The van der Waals surface area contributed by atoms with E-state index in [1.54, 1.807) is 7.05 Å². The van der Waals surface area contributed by atoms with Crippen LogP contribution in [0.5, 0.6) is 0 Å². The van der Waals surface area contributed by atoms with Gasteiger partial charge in [0.05, 0.1) is 11.4 Å². The van der Waals surface area contributed by atoms with Crippen LogP contribution in [0.25, 0.3) is 5.69 Å². The molecule has 0 atom stereocenters. The smallest absolute Gasteiger partial charge is 0.191 e. The lowest BCUT2D eigenvalue weighted by molar-refractivity contribution is 0.345. The number of aromatic nitrogens is 2. The van der Waals surface area contributed by atoms with Crippen molar-refractivity contribution in [3.05, 3.63) is 82.7 Å². The topological polar surface area (TPSA) is 57.5 Å². The molecule has 7 heteroatoms. The molecule has 2 aromatic carbocycles. The molecule has 3 aromatic rings. The lowest BCUT2D eigenvalue weighted by atomic mass is 10.1. The van der Waals surface area contributed by atoms with E-state index in [0.717, 1.165) is 42.7 Å². The Labute approximate surface area is 209 Å². The summed E-state index contributed by atoms with van der Waals surface area (Å²) in [4.78, 5) is 6.69. The molecule has 3 rings (SSSR count). The highest BCUT2D eigenvalue weighted by molar-refractivity contribution is 14.0. The van der Waals surface area contributed by atoms with Crippen LogP contribution in [0, 0.1) is 13.8 Å². The molecule has 2 N–H and O–H groups in total. The Morgan fingerprint density at radius 3 is 2.41 bits per heavy atom. The van der Waals surface area contributed by atoms with Crippen LogP contribution in [0.2, 0.25) is 0 Å². The predicted octanol–water partition coefficient (Wildman–Crippen LogP) is 4.42. The second-order valence-corrected chi connectivity index (χ2v) is 7.90. The summed E-state index contributed by atoms with van der Waals surface area (Å²) in [7, 11) is 3.94. The van der Waals surface area contributed by atoms with Crippen molar-refractivity contribution in [2.24, 2.45) is 4.99 Å². The highest BCUT2D eigenvalue weighted by Gasteiger charge is 2.09. The van der Waals surface area contributed by atoms with Crippen LogP contribution in [0.15, 0.2) is 59.6 Å². The zero-order chi connectivity index (χ0) is 22.2. The van der Waals surface area contributed by atoms with E-state index < -0.39 is 0 Å². The minimum Gasteiger partial charge on any atom is -0.352 e. The van der Waals surface area contributed by atoms with E-state index in [-0.39, 0.29) is 24.0 Å². The van der Waals surface area contributed by atoms with Crippen molar-refractivity contribution in [1.82, 2.24) is 25.3 Å². The first kappa shape index (κ1) is 25.9. The Morgan fingerprint density at radius 1 is 1.00 bits per heavy atom. The number of nitrogens with zero attached hydrogens (tertiary/aromatic N) is 4. The molecule has 0 fully saturated rings. The Morgan fingerprint density at radius 2 is 1.72 bits per heavy atom. The van der Waals surface area contributed by atoms with Gasteiger partial charge in [-0.1, -0.05) is 49.4 Å². The largest absolute Gasteiger partial charge is 0.352 e. The first-order valence-electron chi connectivity index (χ1n) is 10.8. The van der Waals surface area contributed by atoms with E-state index in [4.69, 9.17) is 0 Å². The van der Waals surface area contributed by atoms with Crippen molar-refractivity contribution in [3.63, 3.8) is 0 Å². The second-order valence-electron chi connectivity index (χ2n) is 7.90. The normalized spacial score (nSPS) is 11.4. The van der Waals surface area contributed by atoms with Gasteiger partial charge in [-0.05, 0) is 56.3 Å². The fraction of sp³-hybridized carbons (Fsp3) is 0.360. The maximum Gasteiger partial charge on any atom is 0.191 e. The van der Waals surface area contributed by atoms with Gasteiger partial charge in [0, 0.05) is 32.4 Å². The molecule has 0 saturated heterocycles. The Kier molecular flexibility index (Phi) is 10.2. The minimum atomic E-state index is 0. The molecule has 1 heterocycles. The van der Waals surface area contributed by atoms with Gasteiger partial charge in [0.1, 0.15) is 0 Å². The van der Waals surface area contributed by atoms with E-state index in [1.165, 1.54) is 16.7 Å². The van der Waals surface area contributed by atoms with Crippen LogP contribution >= 0.6 is 24.0 Å². The highest BCUT2D eigenvalue weighted by atomic mass is 127. The number of rotatable bonds is 8. The Balaban J connectivity index is 0.00000363. The molecule has 172 valence electrons. The fourth-order valence-electron chi connectivity index (χ4n) is 3.59. The fourth-order valence-corrected chi connectivity index (χ4v) is 3.59. The number of aryl methyl sites for hydroxylation is 2. The SMILES string of the molecule is CCN(C)Cc1cccc(CNC(=NC)NCc2ccccc2-n2nc(C)cc2C)c1.I. The van der Waals surface area contributed by atoms with Gasteiger partial charge in [-0.15, -0.1) is 24.0 Å². The molecule has 0 aliphatic heterocycles. The molecule has 0 spiro atoms. The third kappa shape index (κ3) is 7.06. The van der Waals surface area contributed by atoms with Gasteiger partial charge in [0.25, 0.3) is 0 Å². The first-order chi connectivity index (χ1) is 15.0. The molecule has 0 saturated carbocycles. The first-order valence-corrected chi connectivity index (χ1v) is 10.8. The molecule has 0 aliphatic rings. The standard InChI is InChI=1S/C25H34N6.HI/c1-6-30(5)18-22-11-9-10-21(15-22)16-27-25(26-4)28-17-23-12-7-8-13-24(23)31-20(3)14-19(2)29-31;/h7-15H,6,16-18H2,1-5H3,(H2,26,27,28);1H. The molecule has 0 bridgehead atoms. The molecule has 1 aromatic heterocycles. The molecule has 32 heavy (non-hydrogen) atoms. The van der Waals surface area contributed by atoms with Gasteiger partial charge in [-0.3, -0.25) is 4.99 Å². The van der Waals surface area contributed by atoms with Crippen molar-refractivity contribution < 1.29 is 0 Å². The van der Waals surface area contributed by atoms with E-state index in [2.05, 4.69) is 95.1 Å². The van der Waals surface area contributed by atoms with Gasteiger partial charge in [0.15, 0.2) is 5.96 Å². The van der Waals surface area contributed by atoms with E-state index in [1.807, 2.05) is 17.7 Å². The summed E-state index contributed by atoms with van der Waals surface area (Å²) in [5.41, 5.74) is 6.97. The van der Waals surface area contributed by atoms with Gasteiger partial charge in [-0.2, -0.15) is 5.10 Å². The summed E-state index contributed by atoms with van der Waals surface area (Å²) in [6.45, 7) is 9.66. The lowest BCUT2D eigenvalue weighted by Gasteiger charge is -2.16. The van der Waals surface area contributed by atoms with E-state index in [9.17, 15) is 0 Å². The van der Waals surface area contributed by atoms with Gasteiger partial charge in [-0.25, -0.2) is 4.68 Å². The molecule has 6 nitrogen and oxygen atoms in total. The summed E-state index contributed by atoms with van der Waals surface area (Å²) >= 11 is 0. The van der Waals surface area contributed by atoms with Crippen molar-refractivity contribution in [2.75, 3.05) is 20.6 Å². The third-order valence-electron chi connectivity index (χ3n) is 5.34. The minimum absolute atomic E-state index is 0. The molecule has 0 unspecified atom stereocenters. The number of nitrogens with one attached hydrogen (secondary N) is 2. The van der Waals surface area contributed by atoms with E-state index >= 15 is 0 Å². The predicted molar refractivity (Wildman–Crippen MR) is 144 cm³/mol. The maximum absolute atomic E-state index is 4.64. The van der Waals surface area contributed by atoms with Gasteiger partial charge < -0.3 is 15.5 Å². The molecular formula is C25H35IN6. The van der Waals surface area contributed by atoms with Crippen LogP contribution in [-0.4, -0.2) is 41.3 Å². The van der Waals surface area contributed by atoms with Crippen LogP contribution in [0.4, 0.5) is 0 Å². The highest BCUT2D eigenvalue weighted by Crippen LogP contribution is 2.17. The quantitative estimate of drug-likeness (QED) is 0.250. The third-order valence-corrected chi connectivity index (χ3v) is 5.34. The van der Waals surface area contributed by atoms with Gasteiger partial charge in [0.2, 0.25) is 0 Å². The van der Waals surface area contributed by atoms with Crippen molar-refractivity contribution in [1.29, 1.82) is 0 Å². The second kappa shape index (κ2) is 12.6. The Hall–Kier alpha value is -2.39. The van der Waals surface area contributed by atoms with Crippen LogP contribution < -0.4 is 10.6 Å². The summed E-state index contributed by atoms with van der Waals surface area (Å²) in [5, 5.41) is 11.5. The number of para-hydroxylation sites is 1. The molecular weight excluding hydrogens is 511 g/mol. The van der Waals surface area contributed by atoms with E-state index in [0.29, 0.717) is 6.54 Å². The number of aliphatic imine (C=N–C) groups is 1. The Bertz CT molecular complexity index is 1030. The summed E-state index contributed by atoms with van der Waals surface area (Å²) < 4.78 is 2.00. The van der Waals surface area contributed by atoms with Gasteiger partial charge >= 0.3 is 0 Å². The van der Waals surface area contributed by atoms with Crippen molar-refractivity contribution >= 4 is 29.9 Å². The zero-order valence-corrected chi connectivity index (χ0v) is 22.1. The zero-order valence-electron chi connectivity index (χ0n) is 19.7. The average Bonchev–Trinajstić information content (AvgIpc) is 3.12. The van der Waals surface area contributed by atoms with Crippen LogP contribution in [-0.2, 0) is 19.6 Å². The maximum atomic E-state index is 4.64. The molecule has 0 amide bonds. The molecule has 0 radical (unpaired) electrons. The number of halogens is 1. The van der Waals surface area contributed by atoms with Crippen LogP contribution in [0.1, 0.15) is 35.0 Å². The monoisotopic (exact) mass is 546 g/mol. The lowest BCUT2D eigenvalue weighted by Crippen LogP contribution is -2.36. The van der Waals surface area contributed by atoms with Crippen molar-refractivity contribution in [3.8, 4) is 5.69 Å². The molecule has 0 aliphatic carbocycles. The number of guanidine groups is 1.